The van der Waals surface area contributed by atoms with Crippen molar-refractivity contribution in [1.29, 1.82) is 0 Å². The van der Waals surface area contributed by atoms with Crippen molar-refractivity contribution in [2.75, 3.05) is 20.3 Å². The summed E-state index contributed by atoms with van der Waals surface area (Å²) in [6.07, 6.45) is 1.60. The third-order valence-corrected chi connectivity index (χ3v) is 8.80. The Bertz CT molecular complexity index is 847. The van der Waals surface area contributed by atoms with Gasteiger partial charge in [-0.2, -0.15) is 0 Å². The summed E-state index contributed by atoms with van der Waals surface area (Å²) in [6.45, 7) is 18.0. The maximum Gasteiger partial charge on any atom is 0.329 e. The lowest BCUT2D eigenvalue weighted by atomic mass is 10.1. The van der Waals surface area contributed by atoms with Crippen molar-refractivity contribution >= 4 is 20.3 Å². The minimum absolute atomic E-state index is 0.0735. The van der Waals surface area contributed by atoms with E-state index in [2.05, 4.69) is 49.1 Å². The van der Waals surface area contributed by atoms with Gasteiger partial charge in [-0.1, -0.05) is 6.92 Å². The molecule has 1 unspecified atom stereocenters. The predicted octanol–water partition coefficient (Wildman–Crippen LogP) is 3.24. The number of thioether (sulfide) groups is 1. The lowest BCUT2D eigenvalue weighted by Crippen LogP contribution is -2.41. The summed E-state index contributed by atoms with van der Waals surface area (Å²) in [5.41, 5.74) is -0.900. The van der Waals surface area contributed by atoms with Crippen LogP contribution in [0.3, 0.4) is 0 Å². The molecule has 0 radical (unpaired) electrons. The molecule has 174 valence electrons. The Morgan fingerprint density at radius 3 is 2.48 bits per heavy atom. The van der Waals surface area contributed by atoms with Crippen molar-refractivity contribution in [3.63, 3.8) is 0 Å². The molecule has 2 heterocycles. The summed E-state index contributed by atoms with van der Waals surface area (Å²) >= 11 is 1.60. The highest BCUT2D eigenvalue weighted by molar-refractivity contribution is 8.00. The molecule has 0 aromatic carbocycles. The van der Waals surface area contributed by atoms with Crippen LogP contribution in [0.25, 0.3) is 4.85 Å². The lowest BCUT2D eigenvalue weighted by molar-refractivity contribution is -0.00932. The monoisotopic (exact) mass is 472 g/mol. The average molecular weight is 473 g/mol. The molecule has 0 spiro atoms. The van der Waals surface area contributed by atoms with E-state index in [1.807, 2.05) is 0 Å². The number of ether oxygens (including phenoxy) is 1. The second-order valence-corrected chi connectivity index (χ2v) is 10.5. The minimum atomic E-state index is -1.44. The first-order chi connectivity index (χ1) is 14.7. The van der Waals surface area contributed by atoms with E-state index in [0.29, 0.717) is 6.61 Å². The number of hydrogen-bond donors (Lipinski definition) is 1. The zero-order chi connectivity index (χ0) is 23.1. The Kier molecular flexibility index (Phi) is 10.2. The van der Waals surface area contributed by atoms with Gasteiger partial charge in [-0.15, -0.1) is 11.8 Å². The van der Waals surface area contributed by atoms with Crippen LogP contribution in [0.15, 0.2) is 21.9 Å². The van der Waals surface area contributed by atoms with Gasteiger partial charge in [0, 0.05) is 36.7 Å². The van der Waals surface area contributed by atoms with E-state index in [4.69, 9.17) is 20.4 Å². The molecule has 0 bridgehead atoms. The van der Waals surface area contributed by atoms with Gasteiger partial charge >= 0.3 is 5.69 Å². The molecule has 0 aliphatic carbocycles. The number of H-pyrrole nitrogens is 1. The number of nitrogens with zero attached hydrogens (tertiary/aromatic N) is 3. The van der Waals surface area contributed by atoms with Crippen LogP contribution in [0.2, 0.25) is 0 Å². The Balaban J connectivity index is 2.35. The molecular formula is C20H33N4O5PS. The van der Waals surface area contributed by atoms with Crippen LogP contribution in [0.4, 0.5) is 0 Å². The number of methoxy groups -OCH3 is 1. The van der Waals surface area contributed by atoms with Gasteiger partial charge in [0.15, 0.2) is 0 Å². The molecule has 1 N–H and O–H groups in total. The fourth-order valence-corrected chi connectivity index (χ4v) is 7.15. The second-order valence-electron chi connectivity index (χ2n) is 7.78. The van der Waals surface area contributed by atoms with Gasteiger partial charge in [0.25, 0.3) is 14.1 Å². The zero-order valence-corrected chi connectivity index (χ0v) is 20.7. The molecule has 11 heteroatoms. The van der Waals surface area contributed by atoms with Crippen molar-refractivity contribution in [3.05, 3.63) is 44.5 Å². The number of hydrogen-bond acceptors (Lipinski definition) is 7. The van der Waals surface area contributed by atoms with Gasteiger partial charge in [0.05, 0.1) is 0 Å². The summed E-state index contributed by atoms with van der Waals surface area (Å²) in [6, 6.07) is 1.71. The Morgan fingerprint density at radius 2 is 1.97 bits per heavy atom. The molecule has 31 heavy (non-hydrogen) atoms. The molecule has 1 aliphatic rings. The van der Waals surface area contributed by atoms with E-state index in [0.717, 1.165) is 6.42 Å². The van der Waals surface area contributed by atoms with Crippen LogP contribution in [-0.2, 0) is 13.8 Å². The molecule has 1 aromatic rings. The van der Waals surface area contributed by atoms with Crippen molar-refractivity contribution < 1.29 is 13.8 Å². The van der Waals surface area contributed by atoms with Crippen LogP contribution in [0.5, 0.6) is 0 Å². The van der Waals surface area contributed by atoms with Crippen molar-refractivity contribution in [2.24, 2.45) is 0 Å². The van der Waals surface area contributed by atoms with Crippen LogP contribution in [-0.4, -0.2) is 64.0 Å². The molecular weight excluding hydrogens is 439 g/mol. The highest BCUT2D eigenvalue weighted by atomic mass is 32.2. The quantitative estimate of drug-likeness (QED) is 0.300. The van der Waals surface area contributed by atoms with Gasteiger partial charge in [0.2, 0.25) is 6.54 Å². The second kappa shape index (κ2) is 12.1. The Morgan fingerprint density at radius 1 is 1.29 bits per heavy atom. The molecule has 0 amide bonds. The molecule has 5 atom stereocenters. The number of rotatable bonds is 11. The van der Waals surface area contributed by atoms with E-state index in [1.54, 1.807) is 18.9 Å². The molecule has 0 saturated carbocycles. The Labute approximate surface area is 189 Å². The molecule has 1 aromatic heterocycles. The fourth-order valence-electron chi connectivity index (χ4n) is 3.66. The predicted molar refractivity (Wildman–Crippen MR) is 124 cm³/mol. The number of nitrogens with one attached hydrogen (secondary N) is 1. The first-order valence-corrected chi connectivity index (χ1v) is 12.5. The molecule has 1 saturated heterocycles. The topological polar surface area (TPSA) is 90.1 Å². The molecule has 9 nitrogen and oxygen atoms in total. The SMILES string of the molecule is [C-]#[N+]CCOP(O[C@H]1[C@@H](OC)[C@H](n2ccc(=O)[nH]c2=O)S[C@@H]1CC)N(C(C)C)C(C)C. The number of aromatic nitrogens is 2. The normalized spacial score (nSPS) is 24.8. The van der Waals surface area contributed by atoms with Gasteiger partial charge in [0.1, 0.15) is 24.2 Å². The standard InChI is InChI=1S/C20H33N4O5PS/c1-8-15-17(29-30(28-12-10-21-6)24(13(2)3)14(4)5)18(27-7)19(31-15)23-11-9-16(25)22-20(23)26/h9,11,13-15,17-19H,8,10,12H2,1-5,7H3,(H,22,25,26)/t15-,17-,18-,19-,30?/m1/s1. The van der Waals surface area contributed by atoms with E-state index < -0.39 is 25.9 Å². The number of aromatic amines is 1. The van der Waals surface area contributed by atoms with Crippen LogP contribution < -0.4 is 11.2 Å². The van der Waals surface area contributed by atoms with Crippen molar-refractivity contribution in [3.8, 4) is 0 Å². The van der Waals surface area contributed by atoms with Crippen molar-refractivity contribution in [1.82, 2.24) is 14.2 Å². The van der Waals surface area contributed by atoms with Crippen LogP contribution >= 0.6 is 20.3 Å². The lowest BCUT2D eigenvalue weighted by Gasteiger charge is -2.38. The summed E-state index contributed by atoms with van der Waals surface area (Å²) in [5.74, 6) is 0. The summed E-state index contributed by atoms with van der Waals surface area (Å²) in [7, 11) is 0.166. The highest BCUT2D eigenvalue weighted by Crippen LogP contribution is 2.53. The first kappa shape index (κ1) is 26.0. The fraction of sp³-hybridized carbons (Fsp3) is 0.750. The molecule has 1 fully saturated rings. The van der Waals surface area contributed by atoms with E-state index in [-0.39, 0.29) is 35.4 Å². The highest BCUT2D eigenvalue weighted by Gasteiger charge is 2.48. The summed E-state index contributed by atoms with van der Waals surface area (Å²) in [5, 5.41) is -0.264. The smallest absolute Gasteiger partial charge is 0.329 e. The largest absolute Gasteiger partial charge is 0.376 e. The maximum atomic E-state index is 12.4. The van der Waals surface area contributed by atoms with Gasteiger partial charge in [-0.25, -0.2) is 16.0 Å². The molecule has 1 aliphatic heterocycles. The van der Waals surface area contributed by atoms with Gasteiger partial charge in [-0.05, 0) is 34.1 Å². The van der Waals surface area contributed by atoms with E-state index in [9.17, 15) is 9.59 Å². The average Bonchev–Trinajstić information content (AvgIpc) is 3.04. The third kappa shape index (κ3) is 6.41. The maximum absolute atomic E-state index is 12.4. The minimum Gasteiger partial charge on any atom is -0.376 e. The van der Waals surface area contributed by atoms with E-state index in [1.165, 1.54) is 16.8 Å². The molecule has 2 rings (SSSR count). The van der Waals surface area contributed by atoms with Crippen LogP contribution in [0.1, 0.15) is 46.4 Å². The first-order valence-electron chi connectivity index (χ1n) is 10.5. The third-order valence-electron chi connectivity index (χ3n) is 4.95. The van der Waals surface area contributed by atoms with Crippen LogP contribution in [0, 0.1) is 6.57 Å². The summed E-state index contributed by atoms with van der Waals surface area (Å²) in [4.78, 5) is 29.6. The van der Waals surface area contributed by atoms with Gasteiger partial charge < -0.3 is 18.6 Å². The summed E-state index contributed by atoms with van der Waals surface area (Å²) < 4.78 is 22.2. The van der Waals surface area contributed by atoms with Crippen molar-refractivity contribution in [2.45, 2.75) is 76.0 Å². The van der Waals surface area contributed by atoms with E-state index >= 15 is 0 Å². The Hall–Kier alpha value is -1.21. The zero-order valence-electron chi connectivity index (χ0n) is 19.0. The van der Waals surface area contributed by atoms with Gasteiger partial charge in [-0.3, -0.25) is 14.3 Å².